The first-order valence-corrected chi connectivity index (χ1v) is 6.67. The number of aromatic nitrogens is 2. The van der Waals surface area contributed by atoms with Gasteiger partial charge in [-0.3, -0.25) is 4.98 Å². The van der Waals surface area contributed by atoms with Crippen molar-refractivity contribution in [2.45, 2.75) is 12.2 Å². The zero-order valence-electron chi connectivity index (χ0n) is 11.0. The molecule has 0 N–H and O–H groups in total. The number of hydrogen-bond donors (Lipinski definition) is 0. The predicted molar refractivity (Wildman–Crippen MR) is 71.1 cm³/mol. The lowest BCUT2D eigenvalue weighted by atomic mass is 10.1. The fourth-order valence-corrected chi connectivity index (χ4v) is 2.59. The van der Waals surface area contributed by atoms with Gasteiger partial charge in [0.05, 0.1) is 21.7 Å². The zero-order chi connectivity index (χ0) is 16.4. The van der Waals surface area contributed by atoms with Crippen LogP contribution in [0, 0.1) is 0 Å². The van der Waals surface area contributed by atoms with E-state index in [1.54, 1.807) is 0 Å². The Hall–Kier alpha value is -2.19. The Balaban J connectivity index is 1.94. The molecule has 1 aliphatic heterocycles. The fraction of sp³-hybridized carbons (Fsp3) is 0.143. The number of fused-ring (bicyclic) bond motifs is 2. The van der Waals surface area contributed by atoms with Crippen molar-refractivity contribution in [3.05, 3.63) is 46.7 Å². The van der Waals surface area contributed by atoms with Crippen LogP contribution >= 0.6 is 11.6 Å². The summed E-state index contributed by atoms with van der Waals surface area (Å²) in [7, 11) is 0. The Morgan fingerprint density at radius 3 is 2.43 bits per heavy atom. The standard InChI is InChI=1S/C14H5ClF4N2O2/c15-9-5-20-2-1-6(9)12-21-10-3-7-8(4-11(10)22-12)14(18,19)23-13(7,16)17/h1-5H. The SMILES string of the molecule is FC1(F)OC(F)(F)c2cc3oc(-c4ccncc4Cl)nc3cc21. The Labute approximate surface area is 130 Å². The molecular weight excluding hydrogens is 340 g/mol. The van der Waals surface area contributed by atoms with Crippen LogP contribution in [0.4, 0.5) is 17.6 Å². The highest BCUT2D eigenvalue weighted by atomic mass is 35.5. The summed E-state index contributed by atoms with van der Waals surface area (Å²) in [6, 6.07) is 3.14. The monoisotopic (exact) mass is 344 g/mol. The molecule has 0 atom stereocenters. The lowest BCUT2D eigenvalue weighted by Crippen LogP contribution is -2.17. The number of halogens is 5. The second-order valence-corrected chi connectivity index (χ2v) is 5.28. The largest absolute Gasteiger partial charge is 0.436 e. The predicted octanol–water partition coefficient (Wildman–Crippen LogP) is 4.67. The molecule has 1 aliphatic rings. The van der Waals surface area contributed by atoms with Crippen molar-refractivity contribution in [1.82, 2.24) is 9.97 Å². The Morgan fingerprint density at radius 1 is 1.04 bits per heavy atom. The highest BCUT2D eigenvalue weighted by Crippen LogP contribution is 2.52. The highest BCUT2D eigenvalue weighted by Gasteiger charge is 2.57. The van der Waals surface area contributed by atoms with Gasteiger partial charge in [0, 0.05) is 12.4 Å². The molecule has 0 saturated carbocycles. The van der Waals surface area contributed by atoms with Crippen LogP contribution in [0.1, 0.15) is 11.1 Å². The van der Waals surface area contributed by atoms with Gasteiger partial charge in [-0.15, -0.1) is 0 Å². The molecule has 9 heteroatoms. The highest BCUT2D eigenvalue weighted by molar-refractivity contribution is 6.33. The lowest BCUT2D eigenvalue weighted by molar-refractivity contribution is -0.369. The second-order valence-electron chi connectivity index (χ2n) is 4.88. The molecule has 118 valence electrons. The molecule has 0 fully saturated rings. The first kappa shape index (κ1) is 14.4. The van der Waals surface area contributed by atoms with Crippen molar-refractivity contribution in [3.63, 3.8) is 0 Å². The summed E-state index contributed by atoms with van der Waals surface area (Å²) >= 11 is 5.96. The summed E-state index contributed by atoms with van der Waals surface area (Å²) in [5.74, 6) is 0.0172. The minimum Gasteiger partial charge on any atom is -0.436 e. The first-order chi connectivity index (χ1) is 10.8. The maximum Gasteiger partial charge on any atom is 0.388 e. The van der Waals surface area contributed by atoms with Gasteiger partial charge in [0.25, 0.3) is 0 Å². The van der Waals surface area contributed by atoms with E-state index < -0.39 is 23.3 Å². The van der Waals surface area contributed by atoms with Crippen LogP contribution in [0.2, 0.25) is 5.02 Å². The molecular formula is C14H5ClF4N2O2. The third-order valence-electron chi connectivity index (χ3n) is 3.41. The van der Waals surface area contributed by atoms with Gasteiger partial charge in [0.2, 0.25) is 5.89 Å². The average Bonchev–Trinajstić information content (AvgIpc) is 2.94. The van der Waals surface area contributed by atoms with Gasteiger partial charge in [-0.2, -0.15) is 17.6 Å². The van der Waals surface area contributed by atoms with Crippen LogP contribution < -0.4 is 0 Å². The molecule has 0 spiro atoms. The van der Waals surface area contributed by atoms with Crippen LogP contribution in [-0.2, 0) is 17.0 Å². The number of alkyl halides is 4. The van der Waals surface area contributed by atoms with Crippen molar-refractivity contribution < 1.29 is 26.7 Å². The van der Waals surface area contributed by atoms with Crippen molar-refractivity contribution in [1.29, 1.82) is 0 Å². The van der Waals surface area contributed by atoms with E-state index in [1.807, 2.05) is 0 Å². The normalized spacial score (nSPS) is 18.3. The molecule has 2 aromatic heterocycles. The third-order valence-corrected chi connectivity index (χ3v) is 3.72. The molecule has 4 rings (SSSR count). The number of pyridine rings is 1. The summed E-state index contributed by atoms with van der Waals surface area (Å²) in [5.41, 5.74) is -1.60. The fourth-order valence-electron chi connectivity index (χ4n) is 2.39. The smallest absolute Gasteiger partial charge is 0.388 e. The minimum absolute atomic E-state index is 0.00685. The number of nitrogens with zero attached hydrogens (tertiary/aromatic N) is 2. The molecule has 4 nitrogen and oxygen atoms in total. The summed E-state index contributed by atoms with van der Waals surface area (Å²) < 4.78 is 63.1. The minimum atomic E-state index is -4.10. The summed E-state index contributed by atoms with van der Waals surface area (Å²) in [5, 5.41) is 0.227. The number of hydrogen-bond acceptors (Lipinski definition) is 4. The number of ether oxygens (including phenoxy) is 1. The van der Waals surface area contributed by atoms with Crippen LogP contribution in [0.15, 0.2) is 35.0 Å². The number of benzene rings is 1. The summed E-state index contributed by atoms with van der Waals surface area (Å²) in [6.45, 7) is 0. The molecule has 3 heterocycles. The number of rotatable bonds is 1. The molecule has 0 saturated heterocycles. The van der Waals surface area contributed by atoms with Gasteiger partial charge in [0.1, 0.15) is 5.52 Å². The van der Waals surface area contributed by atoms with Crippen LogP contribution in [-0.4, -0.2) is 9.97 Å². The Kier molecular flexibility index (Phi) is 2.77. The van der Waals surface area contributed by atoms with Crippen LogP contribution in [0.25, 0.3) is 22.6 Å². The van der Waals surface area contributed by atoms with Gasteiger partial charge in [-0.25, -0.2) is 9.72 Å². The molecule has 0 bridgehead atoms. The van der Waals surface area contributed by atoms with Gasteiger partial charge >= 0.3 is 12.2 Å². The molecule has 0 unspecified atom stereocenters. The van der Waals surface area contributed by atoms with E-state index in [9.17, 15) is 17.6 Å². The van der Waals surface area contributed by atoms with Gasteiger partial charge < -0.3 is 4.42 Å². The Bertz CT molecular complexity index is 891. The van der Waals surface area contributed by atoms with E-state index in [2.05, 4.69) is 14.7 Å². The Morgan fingerprint density at radius 2 is 1.74 bits per heavy atom. The zero-order valence-corrected chi connectivity index (χ0v) is 11.7. The number of oxazole rings is 1. The topological polar surface area (TPSA) is 48.2 Å². The summed E-state index contributed by atoms with van der Waals surface area (Å²) in [4.78, 5) is 7.82. The molecule has 3 aromatic rings. The van der Waals surface area contributed by atoms with E-state index in [0.29, 0.717) is 5.56 Å². The molecule has 0 radical (unpaired) electrons. The van der Waals surface area contributed by atoms with E-state index in [-0.39, 0.29) is 22.0 Å². The van der Waals surface area contributed by atoms with Gasteiger partial charge in [-0.1, -0.05) is 11.6 Å². The maximum atomic E-state index is 13.6. The molecule has 1 aromatic carbocycles. The maximum absolute atomic E-state index is 13.6. The third kappa shape index (κ3) is 2.09. The van der Waals surface area contributed by atoms with Crippen molar-refractivity contribution >= 4 is 22.7 Å². The van der Waals surface area contributed by atoms with E-state index >= 15 is 0 Å². The quantitative estimate of drug-likeness (QED) is 0.602. The van der Waals surface area contributed by atoms with Gasteiger partial charge in [-0.05, 0) is 18.2 Å². The first-order valence-electron chi connectivity index (χ1n) is 6.29. The van der Waals surface area contributed by atoms with E-state index in [0.717, 1.165) is 12.1 Å². The second kappa shape index (κ2) is 4.42. The molecule has 23 heavy (non-hydrogen) atoms. The van der Waals surface area contributed by atoms with E-state index in [1.165, 1.54) is 18.5 Å². The van der Waals surface area contributed by atoms with Crippen LogP contribution in [0.5, 0.6) is 0 Å². The summed E-state index contributed by atoms with van der Waals surface area (Å²) in [6.07, 6.45) is -5.41. The van der Waals surface area contributed by atoms with E-state index in [4.69, 9.17) is 16.0 Å². The molecule has 0 amide bonds. The van der Waals surface area contributed by atoms with Gasteiger partial charge in [0.15, 0.2) is 5.58 Å². The van der Waals surface area contributed by atoms with Crippen molar-refractivity contribution in [2.24, 2.45) is 0 Å². The van der Waals surface area contributed by atoms with Crippen molar-refractivity contribution in [3.8, 4) is 11.5 Å². The van der Waals surface area contributed by atoms with Crippen molar-refractivity contribution in [2.75, 3.05) is 0 Å². The van der Waals surface area contributed by atoms with Crippen LogP contribution in [0.3, 0.4) is 0 Å². The average molecular weight is 345 g/mol. The lowest BCUT2D eigenvalue weighted by Gasteiger charge is -2.10. The molecule has 0 aliphatic carbocycles.